The molecule has 0 radical (unpaired) electrons. The molecule has 0 fully saturated rings. The SMILES string of the molecule is O=C1C2=CC3C(=O)C=CCC3CC2Cc2ccccc21. The van der Waals surface area contributed by atoms with Crippen molar-refractivity contribution in [1.82, 2.24) is 0 Å². The Bertz CT molecular complexity index is 666. The molecule has 0 bridgehead atoms. The Morgan fingerprint density at radius 2 is 1.95 bits per heavy atom. The molecule has 3 atom stereocenters. The van der Waals surface area contributed by atoms with Gasteiger partial charge in [-0.25, -0.2) is 0 Å². The van der Waals surface area contributed by atoms with Crippen LogP contribution in [0.5, 0.6) is 0 Å². The van der Waals surface area contributed by atoms with Crippen molar-refractivity contribution >= 4 is 11.6 Å². The predicted molar refractivity (Wildman–Crippen MR) is 76.4 cm³/mol. The van der Waals surface area contributed by atoms with Gasteiger partial charge in [0, 0.05) is 17.1 Å². The molecule has 20 heavy (non-hydrogen) atoms. The number of carbonyl (C=O) groups excluding carboxylic acids is 2. The van der Waals surface area contributed by atoms with Crippen molar-refractivity contribution in [3.8, 4) is 0 Å². The first-order valence-electron chi connectivity index (χ1n) is 7.29. The Balaban J connectivity index is 1.79. The van der Waals surface area contributed by atoms with Crippen molar-refractivity contribution < 1.29 is 9.59 Å². The highest BCUT2D eigenvalue weighted by Gasteiger charge is 2.40. The molecule has 0 aliphatic heterocycles. The van der Waals surface area contributed by atoms with E-state index in [2.05, 4.69) is 6.07 Å². The van der Waals surface area contributed by atoms with E-state index in [-0.39, 0.29) is 17.5 Å². The molecule has 2 heteroatoms. The van der Waals surface area contributed by atoms with Gasteiger partial charge in [0.2, 0.25) is 0 Å². The lowest BCUT2D eigenvalue weighted by Crippen LogP contribution is -2.35. The summed E-state index contributed by atoms with van der Waals surface area (Å²) < 4.78 is 0. The van der Waals surface area contributed by atoms with Crippen molar-refractivity contribution in [2.75, 3.05) is 0 Å². The quantitative estimate of drug-likeness (QED) is 0.721. The van der Waals surface area contributed by atoms with Gasteiger partial charge in [0.15, 0.2) is 11.6 Å². The number of Topliss-reactive ketones (excluding diaryl/α,β-unsaturated/α-hetero) is 1. The molecule has 4 rings (SSSR count). The third-order valence-corrected chi connectivity index (χ3v) is 4.93. The van der Waals surface area contributed by atoms with Crippen LogP contribution in [0.15, 0.2) is 48.1 Å². The molecule has 0 saturated carbocycles. The minimum atomic E-state index is -0.0690. The van der Waals surface area contributed by atoms with Gasteiger partial charge in [-0.15, -0.1) is 0 Å². The summed E-state index contributed by atoms with van der Waals surface area (Å²) in [6, 6.07) is 7.88. The maximum absolute atomic E-state index is 12.6. The van der Waals surface area contributed by atoms with E-state index in [0.29, 0.717) is 11.8 Å². The molecule has 3 aliphatic rings. The van der Waals surface area contributed by atoms with Crippen molar-refractivity contribution in [2.45, 2.75) is 19.3 Å². The first-order chi connectivity index (χ1) is 9.74. The number of rotatable bonds is 0. The molecule has 1 aromatic rings. The highest BCUT2D eigenvalue weighted by molar-refractivity contribution is 6.12. The van der Waals surface area contributed by atoms with E-state index in [4.69, 9.17) is 0 Å². The van der Waals surface area contributed by atoms with E-state index >= 15 is 0 Å². The summed E-state index contributed by atoms with van der Waals surface area (Å²) in [6.45, 7) is 0. The molecular weight excluding hydrogens is 248 g/mol. The minimum absolute atomic E-state index is 0.0690. The number of allylic oxidation sites excluding steroid dienone is 4. The van der Waals surface area contributed by atoms with Crippen LogP contribution in [-0.4, -0.2) is 11.6 Å². The summed E-state index contributed by atoms with van der Waals surface area (Å²) in [5, 5.41) is 0. The lowest BCUT2D eigenvalue weighted by molar-refractivity contribution is -0.119. The zero-order chi connectivity index (χ0) is 13.7. The highest BCUT2D eigenvalue weighted by atomic mass is 16.1. The van der Waals surface area contributed by atoms with E-state index < -0.39 is 0 Å². The fourth-order valence-electron chi connectivity index (χ4n) is 3.93. The van der Waals surface area contributed by atoms with Gasteiger partial charge in [0.05, 0.1) is 0 Å². The fourth-order valence-corrected chi connectivity index (χ4v) is 3.93. The molecule has 0 saturated heterocycles. The van der Waals surface area contributed by atoms with Crippen molar-refractivity contribution in [3.63, 3.8) is 0 Å². The topological polar surface area (TPSA) is 34.1 Å². The number of hydrogen-bond donors (Lipinski definition) is 0. The Kier molecular flexibility index (Phi) is 2.53. The molecular formula is C18H16O2. The predicted octanol–water partition coefficient (Wildman–Crippen LogP) is 3.13. The Hall–Kier alpha value is -1.96. The van der Waals surface area contributed by atoms with Crippen LogP contribution in [0.25, 0.3) is 0 Å². The van der Waals surface area contributed by atoms with Gasteiger partial charge in [-0.05, 0) is 42.7 Å². The minimum Gasteiger partial charge on any atom is -0.294 e. The van der Waals surface area contributed by atoms with E-state index in [1.807, 2.05) is 30.4 Å². The van der Waals surface area contributed by atoms with E-state index in [0.717, 1.165) is 36.0 Å². The van der Waals surface area contributed by atoms with E-state index in [9.17, 15) is 9.59 Å². The van der Waals surface area contributed by atoms with Crippen LogP contribution in [0.2, 0.25) is 0 Å². The molecule has 0 spiro atoms. The Morgan fingerprint density at radius 1 is 1.10 bits per heavy atom. The van der Waals surface area contributed by atoms with Gasteiger partial charge in [0.1, 0.15) is 0 Å². The number of fused-ring (bicyclic) bond motifs is 3. The van der Waals surface area contributed by atoms with Gasteiger partial charge in [-0.3, -0.25) is 9.59 Å². The largest absolute Gasteiger partial charge is 0.294 e. The van der Waals surface area contributed by atoms with E-state index in [1.165, 1.54) is 0 Å². The lowest BCUT2D eigenvalue weighted by Gasteiger charge is -2.37. The third kappa shape index (κ3) is 1.64. The van der Waals surface area contributed by atoms with Crippen molar-refractivity contribution in [1.29, 1.82) is 0 Å². The van der Waals surface area contributed by atoms with Gasteiger partial charge >= 0.3 is 0 Å². The lowest BCUT2D eigenvalue weighted by atomic mass is 9.65. The second-order valence-corrected chi connectivity index (χ2v) is 6.07. The summed E-state index contributed by atoms with van der Waals surface area (Å²) in [5.74, 6) is 0.925. The molecule has 3 unspecified atom stereocenters. The normalized spacial score (nSPS) is 31.2. The zero-order valence-electron chi connectivity index (χ0n) is 11.2. The Labute approximate surface area is 118 Å². The zero-order valence-corrected chi connectivity index (χ0v) is 11.2. The van der Waals surface area contributed by atoms with Crippen LogP contribution < -0.4 is 0 Å². The van der Waals surface area contributed by atoms with Crippen molar-refractivity contribution in [2.24, 2.45) is 17.8 Å². The summed E-state index contributed by atoms with van der Waals surface area (Å²) in [6.07, 6.45) is 8.51. The van der Waals surface area contributed by atoms with Crippen LogP contribution >= 0.6 is 0 Å². The monoisotopic (exact) mass is 264 g/mol. The molecule has 0 amide bonds. The van der Waals surface area contributed by atoms with Gasteiger partial charge in [-0.1, -0.05) is 36.4 Å². The Morgan fingerprint density at radius 3 is 2.85 bits per heavy atom. The molecule has 0 aromatic heterocycles. The number of carbonyl (C=O) groups is 2. The van der Waals surface area contributed by atoms with Crippen molar-refractivity contribution in [3.05, 3.63) is 59.2 Å². The molecule has 0 N–H and O–H groups in total. The maximum Gasteiger partial charge on any atom is 0.189 e. The third-order valence-electron chi connectivity index (χ3n) is 4.93. The van der Waals surface area contributed by atoms with Crippen LogP contribution in [0.4, 0.5) is 0 Å². The molecule has 100 valence electrons. The molecule has 1 aromatic carbocycles. The number of hydrogen-bond acceptors (Lipinski definition) is 2. The van der Waals surface area contributed by atoms with E-state index in [1.54, 1.807) is 6.08 Å². The molecule has 2 nitrogen and oxygen atoms in total. The average molecular weight is 264 g/mol. The van der Waals surface area contributed by atoms with Gasteiger partial charge in [-0.2, -0.15) is 0 Å². The summed E-state index contributed by atoms with van der Waals surface area (Å²) in [4.78, 5) is 24.6. The standard InChI is InChI=1S/C18H16O2/c19-17-7-3-5-12-9-13-8-11-4-1-2-6-14(11)18(20)16(13)10-15(12)17/h1-4,6-7,10,12-13,15H,5,8-9H2. The van der Waals surface area contributed by atoms with Gasteiger partial charge in [0.25, 0.3) is 0 Å². The number of benzene rings is 1. The number of ketones is 2. The summed E-state index contributed by atoms with van der Waals surface area (Å²) >= 11 is 0. The maximum atomic E-state index is 12.6. The molecule has 0 heterocycles. The summed E-state index contributed by atoms with van der Waals surface area (Å²) in [5.41, 5.74) is 2.87. The van der Waals surface area contributed by atoms with Gasteiger partial charge < -0.3 is 0 Å². The summed E-state index contributed by atoms with van der Waals surface area (Å²) in [7, 11) is 0. The highest BCUT2D eigenvalue weighted by Crippen LogP contribution is 2.43. The smallest absolute Gasteiger partial charge is 0.189 e. The van der Waals surface area contributed by atoms with Crippen LogP contribution in [0.1, 0.15) is 28.8 Å². The van der Waals surface area contributed by atoms with Crippen LogP contribution in [-0.2, 0) is 11.2 Å². The molecule has 3 aliphatic carbocycles. The average Bonchev–Trinajstić information content (AvgIpc) is 2.47. The first kappa shape index (κ1) is 11.8. The first-order valence-corrected chi connectivity index (χ1v) is 7.29. The second-order valence-electron chi connectivity index (χ2n) is 6.07. The van der Waals surface area contributed by atoms with Crippen LogP contribution in [0, 0.1) is 17.8 Å². The van der Waals surface area contributed by atoms with Crippen LogP contribution in [0.3, 0.4) is 0 Å². The fraction of sp³-hybridized carbons (Fsp3) is 0.333. The second kappa shape index (κ2) is 4.27.